The molecular weight excluding hydrogens is 238 g/mol. The van der Waals surface area contributed by atoms with Crippen molar-refractivity contribution >= 4 is 17.9 Å². The summed E-state index contributed by atoms with van der Waals surface area (Å²) in [6, 6.07) is -0.305. The summed E-state index contributed by atoms with van der Waals surface area (Å²) in [7, 11) is 1.55. The van der Waals surface area contributed by atoms with E-state index in [9.17, 15) is 14.4 Å². The maximum absolute atomic E-state index is 12.0. The molecule has 0 aliphatic carbocycles. The number of rotatable bonds is 3. The highest BCUT2D eigenvalue weighted by Gasteiger charge is 2.24. The van der Waals surface area contributed by atoms with Crippen LogP contribution >= 0.6 is 0 Å². The van der Waals surface area contributed by atoms with Crippen molar-refractivity contribution in [1.29, 1.82) is 0 Å². The summed E-state index contributed by atoms with van der Waals surface area (Å²) in [5.74, 6) is -1.75. The van der Waals surface area contributed by atoms with Gasteiger partial charge in [0.25, 0.3) is 0 Å². The van der Waals surface area contributed by atoms with Gasteiger partial charge in [-0.25, -0.2) is 4.79 Å². The third-order valence-corrected chi connectivity index (χ3v) is 2.83. The summed E-state index contributed by atoms with van der Waals surface area (Å²) >= 11 is 0. The lowest BCUT2D eigenvalue weighted by atomic mass is 10.2. The van der Waals surface area contributed by atoms with Crippen LogP contribution in [0.1, 0.15) is 13.3 Å². The topological polar surface area (TPSA) is 90.0 Å². The van der Waals surface area contributed by atoms with Crippen molar-refractivity contribution in [2.24, 2.45) is 5.92 Å². The third-order valence-electron chi connectivity index (χ3n) is 2.83. The van der Waals surface area contributed by atoms with E-state index in [4.69, 9.17) is 5.11 Å². The quantitative estimate of drug-likeness (QED) is 0.718. The minimum absolute atomic E-state index is 0.0324. The molecule has 7 heteroatoms. The van der Waals surface area contributed by atoms with Crippen LogP contribution in [-0.2, 0) is 9.59 Å². The second-order valence-corrected chi connectivity index (χ2v) is 4.53. The van der Waals surface area contributed by atoms with Gasteiger partial charge in [0.15, 0.2) is 0 Å². The number of amides is 3. The molecule has 1 fully saturated rings. The lowest BCUT2D eigenvalue weighted by Crippen LogP contribution is -2.46. The smallest absolute Gasteiger partial charge is 0.320 e. The van der Waals surface area contributed by atoms with Gasteiger partial charge in [-0.3, -0.25) is 9.59 Å². The van der Waals surface area contributed by atoms with E-state index in [1.165, 1.54) is 9.80 Å². The molecule has 0 bridgehead atoms. The molecule has 1 atom stereocenters. The lowest BCUT2D eigenvalue weighted by Gasteiger charge is -2.27. The molecule has 1 aliphatic rings. The van der Waals surface area contributed by atoms with Gasteiger partial charge in [0.1, 0.15) is 6.54 Å². The molecule has 0 spiro atoms. The largest absolute Gasteiger partial charge is 0.481 e. The molecule has 1 unspecified atom stereocenters. The van der Waals surface area contributed by atoms with Gasteiger partial charge >= 0.3 is 12.0 Å². The first-order valence-corrected chi connectivity index (χ1v) is 5.91. The van der Waals surface area contributed by atoms with Crippen molar-refractivity contribution in [3.05, 3.63) is 0 Å². The van der Waals surface area contributed by atoms with Crippen molar-refractivity contribution < 1.29 is 19.5 Å². The van der Waals surface area contributed by atoms with Gasteiger partial charge < -0.3 is 20.2 Å². The highest BCUT2D eigenvalue weighted by Crippen LogP contribution is 2.05. The fraction of sp³-hybridized carbons (Fsp3) is 0.727. The molecule has 1 rings (SSSR count). The summed E-state index contributed by atoms with van der Waals surface area (Å²) in [5.41, 5.74) is 0. The van der Waals surface area contributed by atoms with Crippen molar-refractivity contribution in [1.82, 2.24) is 15.1 Å². The Kier molecular flexibility index (Phi) is 4.94. The number of carbonyl (C=O) groups is 3. The first-order chi connectivity index (χ1) is 8.41. The number of urea groups is 1. The van der Waals surface area contributed by atoms with E-state index in [0.29, 0.717) is 19.5 Å². The van der Waals surface area contributed by atoms with Crippen LogP contribution in [0.5, 0.6) is 0 Å². The van der Waals surface area contributed by atoms with Gasteiger partial charge in [-0.05, 0) is 6.42 Å². The molecule has 102 valence electrons. The average Bonchev–Trinajstić information content (AvgIpc) is 2.52. The Balaban J connectivity index is 2.56. The maximum Gasteiger partial charge on any atom is 0.320 e. The Morgan fingerprint density at radius 2 is 2.22 bits per heavy atom. The minimum atomic E-state index is -0.941. The molecule has 0 radical (unpaired) electrons. The summed E-state index contributed by atoms with van der Waals surface area (Å²) in [6.07, 6.45) is 0.708. The Bertz CT molecular complexity index is 345. The SMILES string of the molecule is CC(CN(C)C(=O)N1CCCNC(=O)C1)C(=O)O. The van der Waals surface area contributed by atoms with Gasteiger partial charge in [0, 0.05) is 26.7 Å². The number of hydrogen-bond acceptors (Lipinski definition) is 3. The molecule has 0 aromatic rings. The molecule has 1 saturated heterocycles. The number of carboxylic acids is 1. The monoisotopic (exact) mass is 257 g/mol. The Labute approximate surface area is 106 Å². The van der Waals surface area contributed by atoms with Crippen LogP contribution in [0.25, 0.3) is 0 Å². The number of nitrogens with one attached hydrogen (secondary N) is 1. The van der Waals surface area contributed by atoms with Crippen molar-refractivity contribution in [2.75, 3.05) is 33.2 Å². The average molecular weight is 257 g/mol. The van der Waals surface area contributed by atoms with Crippen LogP contribution in [0.2, 0.25) is 0 Å². The van der Waals surface area contributed by atoms with Gasteiger partial charge in [-0.2, -0.15) is 0 Å². The minimum Gasteiger partial charge on any atom is -0.481 e. The number of hydrogen-bond donors (Lipinski definition) is 2. The van der Waals surface area contributed by atoms with Crippen molar-refractivity contribution in [3.8, 4) is 0 Å². The van der Waals surface area contributed by atoms with Crippen LogP contribution in [0.15, 0.2) is 0 Å². The Morgan fingerprint density at radius 3 is 2.83 bits per heavy atom. The summed E-state index contributed by atoms with van der Waals surface area (Å²) in [6.45, 7) is 2.78. The summed E-state index contributed by atoms with van der Waals surface area (Å²) < 4.78 is 0. The zero-order valence-electron chi connectivity index (χ0n) is 10.7. The van der Waals surface area contributed by atoms with Crippen LogP contribution in [-0.4, -0.2) is 66.0 Å². The van der Waals surface area contributed by atoms with Crippen LogP contribution in [0, 0.1) is 5.92 Å². The standard InChI is InChI=1S/C11H19N3O4/c1-8(10(16)17)6-13(2)11(18)14-5-3-4-12-9(15)7-14/h8H,3-7H2,1-2H3,(H,12,15)(H,16,17). The molecule has 1 heterocycles. The van der Waals surface area contributed by atoms with Gasteiger partial charge in [-0.1, -0.05) is 6.92 Å². The molecule has 18 heavy (non-hydrogen) atoms. The van der Waals surface area contributed by atoms with Crippen LogP contribution in [0.4, 0.5) is 4.79 Å². The highest BCUT2D eigenvalue weighted by molar-refractivity contribution is 5.84. The first kappa shape index (κ1) is 14.3. The molecule has 7 nitrogen and oxygen atoms in total. The third kappa shape index (κ3) is 3.90. The number of nitrogens with zero attached hydrogens (tertiary/aromatic N) is 2. The highest BCUT2D eigenvalue weighted by atomic mass is 16.4. The number of aliphatic carboxylic acids is 1. The van der Waals surface area contributed by atoms with Gasteiger partial charge in [-0.15, -0.1) is 0 Å². The number of carbonyl (C=O) groups excluding carboxylic acids is 2. The zero-order chi connectivity index (χ0) is 13.7. The van der Waals surface area contributed by atoms with E-state index >= 15 is 0 Å². The van der Waals surface area contributed by atoms with E-state index in [1.807, 2.05) is 0 Å². The summed E-state index contributed by atoms with van der Waals surface area (Å²) in [4.78, 5) is 36.9. The van der Waals surface area contributed by atoms with E-state index < -0.39 is 11.9 Å². The fourth-order valence-electron chi connectivity index (χ4n) is 1.78. The molecule has 0 aromatic heterocycles. The second-order valence-electron chi connectivity index (χ2n) is 4.53. The molecule has 0 saturated carbocycles. The number of carboxylic acid groups (broad SMARTS) is 1. The molecule has 0 aromatic carbocycles. The van der Waals surface area contributed by atoms with Crippen molar-refractivity contribution in [3.63, 3.8) is 0 Å². The predicted octanol–water partition coefficient (Wildman–Crippen LogP) is -0.419. The predicted molar refractivity (Wildman–Crippen MR) is 64.0 cm³/mol. The molecular formula is C11H19N3O4. The normalized spacial score (nSPS) is 17.7. The molecule has 3 amide bonds. The first-order valence-electron chi connectivity index (χ1n) is 5.91. The van der Waals surface area contributed by atoms with E-state index in [-0.39, 0.29) is 25.0 Å². The summed E-state index contributed by atoms with van der Waals surface area (Å²) in [5, 5.41) is 11.5. The lowest BCUT2D eigenvalue weighted by molar-refractivity contribution is -0.141. The van der Waals surface area contributed by atoms with E-state index in [0.717, 1.165) is 0 Å². The van der Waals surface area contributed by atoms with Gasteiger partial charge in [0.05, 0.1) is 5.92 Å². The fourth-order valence-corrected chi connectivity index (χ4v) is 1.78. The van der Waals surface area contributed by atoms with Crippen LogP contribution < -0.4 is 5.32 Å². The molecule has 1 aliphatic heterocycles. The van der Waals surface area contributed by atoms with Gasteiger partial charge in [0.2, 0.25) is 5.91 Å². The molecule has 2 N–H and O–H groups in total. The Morgan fingerprint density at radius 1 is 1.56 bits per heavy atom. The van der Waals surface area contributed by atoms with Crippen molar-refractivity contribution in [2.45, 2.75) is 13.3 Å². The second kappa shape index (κ2) is 6.23. The van der Waals surface area contributed by atoms with Crippen LogP contribution in [0.3, 0.4) is 0 Å². The Hall–Kier alpha value is -1.79. The maximum atomic E-state index is 12.0. The van der Waals surface area contributed by atoms with E-state index in [1.54, 1.807) is 14.0 Å². The van der Waals surface area contributed by atoms with E-state index in [2.05, 4.69) is 5.32 Å². The zero-order valence-corrected chi connectivity index (χ0v) is 10.7.